The van der Waals surface area contributed by atoms with Gasteiger partial charge in [-0.2, -0.15) is 4.39 Å². The summed E-state index contributed by atoms with van der Waals surface area (Å²) in [5, 5.41) is 13.7. The van der Waals surface area contributed by atoms with Gasteiger partial charge in [0, 0.05) is 0 Å². The Morgan fingerprint density at radius 3 is 2.12 bits per heavy atom. The molecule has 0 saturated carbocycles. The van der Waals surface area contributed by atoms with Crippen LogP contribution < -0.4 is 0 Å². The second-order valence-electron chi connectivity index (χ2n) is 1.23. The average molecular weight is 138 g/mol. The lowest BCUT2D eigenvalue weighted by atomic mass is 10.4. The molecule has 0 aliphatic heterocycles. The summed E-state index contributed by atoms with van der Waals surface area (Å²) in [5.74, 6) is -1.08. The minimum Gasteiger partial charge on any atom is -0.496 e. The highest BCUT2D eigenvalue weighted by molar-refractivity contribution is 6.30. The van der Waals surface area contributed by atoms with Gasteiger partial charge in [-0.15, -0.1) is 0 Å². The summed E-state index contributed by atoms with van der Waals surface area (Å²) in [7, 11) is 0. The molecule has 0 atom stereocenters. The molecule has 0 amide bonds. The molecule has 0 saturated heterocycles. The van der Waals surface area contributed by atoms with E-state index in [1.54, 1.807) is 0 Å². The predicted molar refractivity (Wildman–Crippen MR) is 30.0 cm³/mol. The minimum absolute atomic E-state index is 0.377. The third-order valence-corrected chi connectivity index (χ3v) is 0.676. The first kappa shape index (κ1) is 7.43. The fourth-order valence-electron chi connectivity index (χ4n) is 0.155. The van der Waals surface area contributed by atoms with E-state index in [0.717, 1.165) is 0 Å². The molecule has 0 spiro atoms. The highest BCUT2D eigenvalue weighted by Crippen LogP contribution is 2.07. The lowest BCUT2D eigenvalue weighted by molar-refractivity contribution is 0.428. The Morgan fingerprint density at radius 2 is 2.12 bits per heavy atom. The van der Waals surface area contributed by atoms with Gasteiger partial charge in [0.05, 0.1) is 5.71 Å². The molecule has 0 rings (SSSR count). The van der Waals surface area contributed by atoms with Crippen molar-refractivity contribution < 1.29 is 9.50 Å². The maximum Gasteiger partial charge on any atom is 0.223 e. The smallest absolute Gasteiger partial charge is 0.223 e. The quantitative estimate of drug-likeness (QED) is 0.421. The number of hydrogen-bond donors (Lipinski definition) is 2. The summed E-state index contributed by atoms with van der Waals surface area (Å²) in [6.07, 6.45) is 0. The zero-order valence-electron chi connectivity index (χ0n) is 4.20. The molecular weight excluding hydrogens is 133 g/mol. The molecule has 0 aromatic rings. The van der Waals surface area contributed by atoms with Gasteiger partial charge in [-0.1, -0.05) is 0 Å². The molecule has 0 radical (unpaired) electrons. The molecule has 0 fully saturated rings. The van der Waals surface area contributed by atoms with Crippen molar-refractivity contribution in [3.8, 4) is 0 Å². The van der Waals surface area contributed by atoms with E-state index in [1.165, 1.54) is 6.92 Å². The second-order valence-corrected chi connectivity index (χ2v) is 1.59. The SMILES string of the molecule is CC(=N)/C(F)=C(\O)Cl. The van der Waals surface area contributed by atoms with Crippen LogP contribution in [0.25, 0.3) is 0 Å². The maximum atomic E-state index is 11.9. The third kappa shape index (κ3) is 1.93. The molecular formula is C4H5ClFNO. The first-order valence-electron chi connectivity index (χ1n) is 1.85. The van der Waals surface area contributed by atoms with E-state index in [-0.39, 0.29) is 5.71 Å². The van der Waals surface area contributed by atoms with Crippen LogP contribution in [0.2, 0.25) is 0 Å². The molecule has 0 bridgehead atoms. The summed E-state index contributed by atoms with van der Waals surface area (Å²) in [5.41, 5.74) is -0.377. The van der Waals surface area contributed by atoms with Crippen LogP contribution in [0.1, 0.15) is 6.92 Å². The fourth-order valence-corrected chi connectivity index (χ4v) is 0.296. The van der Waals surface area contributed by atoms with Crippen LogP contribution in [0, 0.1) is 5.41 Å². The monoisotopic (exact) mass is 137 g/mol. The Morgan fingerprint density at radius 1 is 1.75 bits per heavy atom. The van der Waals surface area contributed by atoms with Crippen LogP contribution in [0.3, 0.4) is 0 Å². The van der Waals surface area contributed by atoms with E-state index < -0.39 is 11.0 Å². The van der Waals surface area contributed by atoms with E-state index >= 15 is 0 Å². The predicted octanol–water partition coefficient (Wildman–Crippen LogP) is 1.96. The lowest BCUT2D eigenvalue weighted by Gasteiger charge is -1.89. The van der Waals surface area contributed by atoms with E-state index in [0.29, 0.717) is 0 Å². The van der Waals surface area contributed by atoms with Gasteiger partial charge in [-0.25, -0.2) is 0 Å². The molecule has 2 nitrogen and oxygen atoms in total. The van der Waals surface area contributed by atoms with Crippen LogP contribution in [-0.4, -0.2) is 10.8 Å². The van der Waals surface area contributed by atoms with E-state index in [2.05, 4.69) is 0 Å². The second kappa shape index (κ2) is 2.67. The van der Waals surface area contributed by atoms with Gasteiger partial charge in [0.2, 0.25) is 5.22 Å². The molecule has 0 aliphatic rings. The summed E-state index contributed by atoms with van der Waals surface area (Å²) in [6, 6.07) is 0. The average Bonchev–Trinajstić information content (AvgIpc) is 1.64. The Bertz CT molecular complexity index is 139. The number of allylic oxidation sites excluding steroid dienone is 1. The van der Waals surface area contributed by atoms with Gasteiger partial charge in [-0.05, 0) is 18.5 Å². The highest BCUT2D eigenvalue weighted by atomic mass is 35.5. The van der Waals surface area contributed by atoms with Gasteiger partial charge >= 0.3 is 0 Å². The molecule has 0 aromatic heterocycles. The van der Waals surface area contributed by atoms with Crippen molar-refractivity contribution in [1.29, 1.82) is 5.41 Å². The molecule has 0 heterocycles. The first-order chi connectivity index (χ1) is 3.55. The van der Waals surface area contributed by atoms with Crippen LogP contribution >= 0.6 is 11.6 Å². The van der Waals surface area contributed by atoms with Crippen molar-refractivity contribution in [3.63, 3.8) is 0 Å². The van der Waals surface area contributed by atoms with Gasteiger partial charge in [0.15, 0.2) is 5.83 Å². The van der Waals surface area contributed by atoms with Crippen LogP contribution in [-0.2, 0) is 0 Å². The van der Waals surface area contributed by atoms with Gasteiger partial charge in [0.1, 0.15) is 0 Å². The summed E-state index contributed by atoms with van der Waals surface area (Å²) < 4.78 is 11.9. The fraction of sp³-hybridized carbons (Fsp3) is 0.250. The summed E-state index contributed by atoms with van der Waals surface area (Å²) in [4.78, 5) is 0. The zero-order valence-corrected chi connectivity index (χ0v) is 4.96. The number of halogens is 2. The van der Waals surface area contributed by atoms with Gasteiger partial charge in [0.25, 0.3) is 0 Å². The van der Waals surface area contributed by atoms with E-state index in [9.17, 15) is 4.39 Å². The summed E-state index contributed by atoms with van der Waals surface area (Å²) in [6.45, 7) is 1.19. The van der Waals surface area contributed by atoms with Gasteiger partial charge < -0.3 is 10.5 Å². The normalized spacial score (nSPS) is 12.9. The topological polar surface area (TPSA) is 44.1 Å². The summed E-state index contributed by atoms with van der Waals surface area (Å²) >= 11 is 4.74. The van der Waals surface area contributed by atoms with Crippen LogP contribution in [0.5, 0.6) is 0 Å². The van der Waals surface area contributed by atoms with Crippen molar-refractivity contribution in [2.75, 3.05) is 0 Å². The number of nitrogens with one attached hydrogen (secondary N) is 1. The van der Waals surface area contributed by atoms with Gasteiger partial charge in [-0.3, -0.25) is 0 Å². The molecule has 0 aliphatic carbocycles. The van der Waals surface area contributed by atoms with E-state index in [4.69, 9.17) is 22.1 Å². The first-order valence-corrected chi connectivity index (χ1v) is 2.23. The Labute approximate surface area is 51.1 Å². The minimum atomic E-state index is -1.08. The van der Waals surface area contributed by atoms with Crippen molar-refractivity contribution in [2.24, 2.45) is 0 Å². The molecule has 0 unspecified atom stereocenters. The Balaban J connectivity index is 4.23. The van der Waals surface area contributed by atoms with Crippen molar-refractivity contribution in [2.45, 2.75) is 6.92 Å². The van der Waals surface area contributed by atoms with Crippen molar-refractivity contribution in [3.05, 3.63) is 11.0 Å². The Hall–Kier alpha value is -0.570. The maximum absolute atomic E-state index is 11.9. The molecule has 2 N–H and O–H groups in total. The Kier molecular flexibility index (Phi) is 2.48. The highest BCUT2D eigenvalue weighted by Gasteiger charge is 2.02. The van der Waals surface area contributed by atoms with Crippen LogP contribution in [0.15, 0.2) is 11.0 Å². The van der Waals surface area contributed by atoms with E-state index in [1.807, 2.05) is 0 Å². The molecule has 8 heavy (non-hydrogen) atoms. The standard InChI is InChI=1S/C4H5ClFNO/c1-2(7)3(6)4(5)8/h7-8H,1H3/b4-3+,7-2?. The number of rotatable bonds is 1. The number of aliphatic hydroxyl groups excluding tert-OH is 1. The number of hydrogen-bond acceptors (Lipinski definition) is 2. The molecule has 46 valence electrons. The van der Waals surface area contributed by atoms with Crippen LogP contribution in [0.4, 0.5) is 4.39 Å². The number of aliphatic hydroxyl groups is 1. The third-order valence-electron chi connectivity index (χ3n) is 0.510. The molecule has 0 aromatic carbocycles. The lowest BCUT2D eigenvalue weighted by Crippen LogP contribution is -1.90. The largest absolute Gasteiger partial charge is 0.496 e. The van der Waals surface area contributed by atoms with Crippen molar-refractivity contribution in [1.82, 2.24) is 0 Å². The zero-order chi connectivity index (χ0) is 6.73. The molecule has 4 heteroatoms. The van der Waals surface area contributed by atoms with Crippen molar-refractivity contribution >= 4 is 17.3 Å².